The van der Waals surface area contributed by atoms with Crippen LogP contribution in [-0.4, -0.2) is 49.8 Å². The smallest absolute Gasteiger partial charge is 0.252 e. The topological polar surface area (TPSA) is 83.4 Å². The summed E-state index contributed by atoms with van der Waals surface area (Å²) in [5.74, 6) is 0.866. The van der Waals surface area contributed by atoms with E-state index in [2.05, 4.69) is 11.9 Å². The Labute approximate surface area is 224 Å². The molecule has 3 aromatic rings. The first-order chi connectivity index (χ1) is 18.5. The number of carbonyl (C=O) groups excluding carboxylic acids is 1. The number of ether oxygens (including phenoxy) is 2. The molecule has 1 heterocycles. The third-order valence-electron chi connectivity index (χ3n) is 6.49. The van der Waals surface area contributed by atoms with Crippen molar-refractivity contribution >= 4 is 17.5 Å². The van der Waals surface area contributed by atoms with Gasteiger partial charge in [0.25, 0.3) is 5.91 Å². The maximum Gasteiger partial charge on any atom is 0.252 e. The monoisotopic (exact) mass is 513 g/mol. The highest BCUT2D eigenvalue weighted by atomic mass is 16.5. The quantitative estimate of drug-likeness (QED) is 0.272. The first-order valence-electron chi connectivity index (χ1n) is 12.8. The molecule has 0 spiro atoms. The van der Waals surface area contributed by atoms with Gasteiger partial charge in [0, 0.05) is 51.3 Å². The summed E-state index contributed by atoms with van der Waals surface area (Å²) in [5, 5.41) is 12.1. The normalized spacial score (nSPS) is 18.3. The molecule has 0 unspecified atom stereocenters. The fraction of sp³-hybridized carbons (Fsp3) is 0.290. The second-order valence-corrected chi connectivity index (χ2v) is 9.44. The number of hydrogen-bond acceptors (Lipinski definition) is 6. The summed E-state index contributed by atoms with van der Waals surface area (Å²) in [6, 6.07) is 25.2. The average molecular weight is 514 g/mol. The Morgan fingerprint density at radius 1 is 1.11 bits per heavy atom. The van der Waals surface area contributed by atoms with Gasteiger partial charge in [0.2, 0.25) is 5.90 Å². The van der Waals surface area contributed by atoms with Crippen LogP contribution in [0.25, 0.3) is 0 Å². The van der Waals surface area contributed by atoms with Gasteiger partial charge in [0.1, 0.15) is 5.75 Å². The van der Waals surface area contributed by atoms with E-state index in [4.69, 9.17) is 19.6 Å². The molecule has 7 heteroatoms. The number of aliphatic imine (C=N–C) groups is 1. The number of nitrogens with zero attached hydrogens (tertiary/aromatic N) is 2. The second-order valence-electron chi connectivity index (χ2n) is 9.44. The highest BCUT2D eigenvalue weighted by molar-refractivity contribution is 6.01. The molecular weight excluding hydrogens is 478 g/mol. The number of hydrogen-bond donors (Lipinski definition) is 2. The minimum atomic E-state index is -1.21. The number of amides is 1. The Kier molecular flexibility index (Phi) is 8.81. The van der Waals surface area contributed by atoms with E-state index >= 15 is 0 Å². The molecule has 0 saturated carbocycles. The van der Waals surface area contributed by atoms with Gasteiger partial charge in [-0.15, -0.1) is 6.58 Å². The standard InChI is InChI=1S/C31H35N3O4/c1-4-19-31(30(36)32-22-23-11-15-26(16-12-23)34(2)3)28(24-9-6-5-7-10-24)38-29(33-31)25-13-17-27(18-14-25)37-21-8-20-35/h4-7,9-18,28,35H,1,8,19-22H2,2-3H3,(H,32,36)/t28-,31-/m1/s1. The highest BCUT2D eigenvalue weighted by Gasteiger charge is 2.52. The van der Waals surface area contributed by atoms with Crippen LogP contribution in [0.4, 0.5) is 5.69 Å². The van der Waals surface area contributed by atoms with E-state index in [9.17, 15) is 4.79 Å². The molecule has 0 saturated heterocycles. The molecule has 2 atom stereocenters. The summed E-state index contributed by atoms with van der Waals surface area (Å²) < 4.78 is 12.1. The lowest BCUT2D eigenvalue weighted by Crippen LogP contribution is -2.47. The minimum absolute atomic E-state index is 0.0818. The lowest BCUT2D eigenvalue weighted by Gasteiger charge is -2.29. The predicted octanol–water partition coefficient (Wildman–Crippen LogP) is 4.66. The third-order valence-corrected chi connectivity index (χ3v) is 6.49. The number of anilines is 1. The molecule has 4 rings (SSSR count). The van der Waals surface area contributed by atoms with Crippen molar-refractivity contribution in [3.8, 4) is 5.75 Å². The van der Waals surface area contributed by atoms with E-state index in [1.54, 1.807) is 6.08 Å². The Hall–Kier alpha value is -4.10. The zero-order valence-corrected chi connectivity index (χ0v) is 22.0. The first kappa shape index (κ1) is 26.9. The summed E-state index contributed by atoms with van der Waals surface area (Å²) in [7, 11) is 3.99. The van der Waals surface area contributed by atoms with E-state index in [1.165, 1.54) is 0 Å². The third kappa shape index (κ3) is 6.06. The van der Waals surface area contributed by atoms with Crippen molar-refractivity contribution in [2.45, 2.75) is 31.0 Å². The molecule has 7 nitrogen and oxygen atoms in total. The number of rotatable bonds is 12. The molecule has 0 aliphatic carbocycles. The Balaban J connectivity index is 1.61. The predicted molar refractivity (Wildman–Crippen MR) is 151 cm³/mol. The van der Waals surface area contributed by atoms with Gasteiger partial charge in [-0.3, -0.25) is 4.79 Å². The van der Waals surface area contributed by atoms with E-state index in [0.29, 0.717) is 37.6 Å². The SMILES string of the molecule is C=CC[C@@]1(C(=O)NCc2ccc(N(C)C)cc2)N=C(c2ccc(OCCCO)cc2)O[C@@H]1c1ccccc1. The van der Waals surface area contributed by atoms with E-state index in [0.717, 1.165) is 22.4 Å². The van der Waals surface area contributed by atoms with Gasteiger partial charge in [-0.1, -0.05) is 48.5 Å². The summed E-state index contributed by atoms with van der Waals surface area (Å²) in [4.78, 5) is 20.8. The highest BCUT2D eigenvalue weighted by Crippen LogP contribution is 2.42. The van der Waals surface area contributed by atoms with Gasteiger partial charge >= 0.3 is 0 Å². The van der Waals surface area contributed by atoms with Crippen LogP contribution in [-0.2, 0) is 16.1 Å². The summed E-state index contributed by atoms with van der Waals surface area (Å²) >= 11 is 0. The Bertz CT molecular complexity index is 1240. The number of aliphatic hydroxyl groups excluding tert-OH is 1. The van der Waals surface area contributed by atoms with E-state index in [-0.39, 0.29) is 12.5 Å². The molecule has 1 aliphatic heterocycles. The molecule has 198 valence electrons. The van der Waals surface area contributed by atoms with Crippen molar-refractivity contribution in [1.82, 2.24) is 5.32 Å². The lowest BCUT2D eigenvalue weighted by molar-refractivity contribution is -0.129. The van der Waals surface area contributed by atoms with Gasteiger partial charge in [-0.05, 0) is 47.5 Å². The van der Waals surface area contributed by atoms with Gasteiger partial charge in [-0.25, -0.2) is 4.99 Å². The van der Waals surface area contributed by atoms with E-state index < -0.39 is 11.6 Å². The second kappa shape index (κ2) is 12.4. The van der Waals surface area contributed by atoms with E-state index in [1.807, 2.05) is 97.9 Å². The van der Waals surface area contributed by atoms with Crippen molar-refractivity contribution in [2.24, 2.45) is 4.99 Å². The molecule has 3 aromatic carbocycles. The minimum Gasteiger partial charge on any atom is -0.494 e. The van der Waals surface area contributed by atoms with Crippen LogP contribution in [0.15, 0.2) is 96.5 Å². The van der Waals surface area contributed by atoms with Crippen LogP contribution in [0, 0.1) is 0 Å². The first-order valence-corrected chi connectivity index (χ1v) is 12.8. The van der Waals surface area contributed by atoms with Crippen molar-refractivity contribution in [3.05, 3.63) is 108 Å². The van der Waals surface area contributed by atoms with Crippen LogP contribution in [0.2, 0.25) is 0 Å². The summed E-state index contributed by atoms with van der Waals surface area (Å²) in [6.07, 6.45) is 1.97. The molecule has 0 bridgehead atoms. The fourth-order valence-corrected chi connectivity index (χ4v) is 4.41. The Morgan fingerprint density at radius 2 is 1.82 bits per heavy atom. The maximum absolute atomic E-state index is 13.9. The van der Waals surface area contributed by atoms with Crippen LogP contribution in [0.3, 0.4) is 0 Å². The summed E-state index contributed by atoms with van der Waals surface area (Å²) in [5.41, 5.74) is 2.49. The molecule has 1 amide bonds. The zero-order chi connectivity index (χ0) is 27.0. The van der Waals surface area contributed by atoms with Crippen LogP contribution >= 0.6 is 0 Å². The largest absolute Gasteiger partial charge is 0.494 e. The number of aliphatic hydroxyl groups is 1. The summed E-state index contributed by atoms with van der Waals surface area (Å²) in [6.45, 7) is 4.81. The van der Waals surface area contributed by atoms with Crippen LogP contribution in [0.5, 0.6) is 5.75 Å². The number of benzene rings is 3. The molecule has 0 aromatic heterocycles. The van der Waals surface area contributed by atoms with Crippen molar-refractivity contribution in [3.63, 3.8) is 0 Å². The average Bonchev–Trinajstić information content (AvgIpc) is 3.33. The van der Waals surface area contributed by atoms with Crippen molar-refractivity contribution in [2.75, 3.05) is 32.2 Å². The Morgan fingerprint density at radius 3 is 2.45 bits per heavy atom. The molecule has 38 heavy (non-hydrogen) atoms. The van der Waals surface area contributed by atoms with Gasteiger partial charge in [0.15, 0.2) is 11.6 Å². The van der Waals surface area contributed by atoms with Crippen molar-refractivity contribution in [1.29, 1.82) is 0 Å². The zero-order valence-electron chi connectivity index (χ0n) is 22.0. The number of nitrogens with one attached hydrogen (secondary N) is 1. The molecule has 0 fully saturated rings. The number of carbonyl (C=O) groups is 1. The van der Waals surface area contributed by atoms with Crippen molar-refractivity contribution < 1.29 is 19.4 Å². The van der Waals surface area contributed by atoms with Gasteiger partial charge in [0.05, 0.1) is 6.61 Å². The molecule has 2 N–H and O–H groups in total. The van der Waals surface area contributed by atoms with Crippen LogP contribution < -0.4 is 15.0 Å². The lowest BCUT2D eigenvalue weighted by atomic mass is 9.84. The molecule has 0 radical (unpaired) electrons. The van der Waals surface area contributed by atoms with Gasteiger partial charge < -0.3 is 24.8 Å². The van der Waals surface area contributed by atoms with Crippen LogP contribution in [0.1, 0.15) is 35.6 Å². The maximum atomic E-state index is 13.9. The molecular formula is C31H35N3O4. The molecule has 1 aliphatic rings. The fourth-order valence-electron chi connectivity index (χ4n) is 4.41. The van der Waals surface area contributed by atoms with Gasteiger partial charge in [-0.2, -0.15) is 0 Å².